The molecule has 7 heteroatoms. The summed E-state index contributed by atoms with van der Waals surface area (Å²) in [5.74, 6) is -1.98. The van der Waals surface area contributed by atoms with Gasteiger partial charge >= 0.3 is 5.97 Å². The van der Waals surface area contributed by atoms with Crippen LogP contribution in [0.5, 0.6) is 0 Å². The lowest BCUT2D eigenvalue weighted by Crippen LogP contribution is -1.97. The number of hydrogen-bond acceptors (Lipinski definition) is 4. The molecule has 19 heavy (non-hydrogen) atoms. The number of carboxylic acids is 1. The summed E-state index contributed by atoms with van der Waals surface area (Å²) < 4.78 is 31.3. The molecule has 0 aliphatic carbocycles. The molecule has 0 spiro atoms. The van der Waals surface area contributed by atoms with E-state index in [9.17, 15) is 13.6 Å². The Balaban J connectivity index is 2.05. The Morgan fingerprint density at radius 3 is 2.68 bits per heavy atom. The van der Waals surface area contributed by atoms with Gasteiger partial charge in [0.05, 0.1) is 12.8 Å². The molecule has 0 atom stereocenters. The third kappa shape index (κ3) is 3.57. The van der Waals surface area contributed by atoms with Crippen molar-refractivity contribution in [3.05, 3.63) is 47.2 Å². The normalized spacial score (nSPS) is 10.6. The summed E-state index contributed by atoms with van der Waals surface area (Å²) in [6, 6.07) is 3.21. The van der Waals surface area contributed by atoms with Crippen LogP contribution in [0.15, 0.2) is 22.6 Å². The van der Waals surface area contributed by atoms with Gasteiger partial charge in [-0.3, -0.25) is 4.79 Å². The molecule has 0 aliphatic rings. The van der Waals surface area contributed by atoms with Crippen molar-refractivity contribution in [1.29, 1.82) is 0 Å². The minimum absolute atomic E-state index is 0.0339. The van der Waals surface area contributed by atoms with Crippen LogP contribution >= 0.6 is 0 Å². The largest absolute Gasteiger partial charge is 0.481 e. The molecule has 1 heterocycles. The van der Waals surface area contributed by atoms with Crippen molar-refractivity contribution in [3.8, 4) is 0 Å². The van der Waals surface area contributed by atoms with Gasteiger partial charge in [0.15, 0.2) is 0 Å². The Hall–Kier alpha value is -2.31. The van der Waals surface area contributed by atoms with Crippen molar-refractivity contribution in [1.82, 2.24) is 10.2 Å². The third-order valence-corrected chi connectivity index (χ3v) is 2.42. The molecule has 100 valence electrons. The Morgan fingerprint density at radius 2 is 2.00 bits per heavy atom. The first kappa shape index (κ1) is 13.1. The lowest BCUT2D eigenvalue weighted by atomic mass is 10.1. The van der Waals surface area contributed by atoms with Crippen LogP contribution in [0.1, 0.15) is 23.8 Å². The fourth-order valence-electron chi connectivity index (χ4n) is 1.50. The first-order chi connectivity index (χ1) is 9.04. The molecular formula is C12H10F2N2O3. The average molecular weight is 268 g/mol. The Bertz CT molecular complexity index is 598. The summed E-state index contributed by atoms with van der Waals surface area (Å²) in [5, 5.41) is 15.8. The van der Waals surface area contributed by atoms with E-state index in [-0.39, 0.29) is 36.6 Å². The predicted molar refractivity (Wildman–Crippen MR) is 59.4 cm³/mol. The number of rotatable bonds is 5. The van der Waals surface area contributed by atoms with E-state index >= 15 is 0 Å². The maximum absolute atomic E-state index is 13.4. The molecule has 0 unspecified atom stereocenters. The first-order valence-corrected chi connectivity index (χ1v) is 5.51. The van der Waals surface area contributed by atoms with Gasteiger partial charge in [-0.25, -0.2) is 8.78 Å². The summed E-state index contributed by atoms with van der Waals surface area (Å²) in [7, 11) is 0. The molecule has 0 saturated carbocycles. The summed E-state index contributed by atoms with van der Waals surface area (Å²) in [5.41, 5.74) is 0.231. The molecule has 0 amide bonds. The van der Waals surface area contributed by atoms with E-state index in [1.807, 2.05) is 0 Å². The summed E-state index contributed by atoms with van der Waals surface area (Å²) in [6.07, 6.45) is 0.0347. The second-order valence-electron chi connectivity index (χ2n) is 3.90. The number of carboxylic acid groups (broad SMARTS) is 1. The van der Waals surface area contributed by atoms with Crippen LogP contribution in [0, 0.1) is 11.6 Å². The molecule has 0 saturated heterocycles. The fourth-order valence-corrected chi connectivity index (χ4v) is 1.50. The minimum atomic E-state index is -0.968. The molecule has 0 fully saturated rings. The maximum atomic E-state index is 13.4. The number of carbonyl (C=O) groups is 1. The van der Waals surface area contributed by atoms with E-state index in [4.69, 9.17) is 9.52 Å². The second kappa shape index (κ2) is 5.55. The van der Waals surface area contributed by atoms with E-state index in [1.54, 1.807) is 0 Å². The van der Waals surface area contributed by atoms with Gasteiger partial charge in [-0.2, -0.15) is 0 Å². The second-order valence-corrected chi connectivity index (χ2v) is 3.90. The van der Waals surface area contributed by atoms with Gasteiger partial charge < -0.3 is 9.52 Å². The lowest BCUT2D eigenvalue weighted by Gasteiger charge is -1.99. The molecule has 2 aromatic rings. The molecular weight excluding hydrogens is 258 g/mol. The molecule has 1 aromatic heterocycles. The molecule has 5 nitrogen and oxygen atoms in total. The van der Waals surface area contributed by atoms with Crippen LogP contribution < -0.4 is 0 Å². The van der Waals surface area contributed by atoms with Crippen LogP contribution in [0.4, 0.5) is 8.78 Å². The topological polar surface area (TPSA) is 76.2 Å². The zero-order valence-electron chi connectivity index (χ0n) is 9.77. The number of nitrogens with zero attached hydrogens (tertiary/aromatic N) is 2. The number of halogens is 2. The van der Waals surface area contributed by atoms with Gasteiger partial charge in [0.2, 0.25) is 11.8 Å². The van der Waals surface area contributed by atoms with Gasteiger partial charge in [0.1, 0.15) is 11.6 Å². The van der Waals surface area contributed by atoms with Gasteiger partial charge in [-0.05, 0) is 11.6 Å². The van der Waals surface area contributed by atoms with Gasteiger partial charge in [-0.15, -0.1) is 10.2 Å². The average Bonchev–Trinajstić information content (AvgIpc) is 2.78. The van der Waals surface area contributed by atoms with Crippen molar-refractivity contribution in [2.24, 2.45) is 0 Å². The number of aromatic nitrogens is 2. The van der Waals surface area contributed by atoms with E-state index in [2.05, 4.69) is 10.2 Å². The number of aliphatic carboxylic acids is 1. The minimum Gasteiger partial charge on any atom is -0.481 e. The summed E-state index contributed by atoms with van der Waals surface area (Å²) in [6.45, 7) is 0. The van der Waals surface area contributed by atoms with Gasteiger partial charge in [0.25, 0.3) is 0 Å². The first-order valence-electron chi connectivity index (χ1n) is 5.51. The summed E-state index contributed by atoms with van der Waals surface area (Å²) >= 11 is 0. The highest BCUT2D eigenvalue weighted by molar-refractivity contribution is 5.66. The van der Waals surface area contributed by atoms with Crippen LogP contribution in [-0.2, 0) is 17.6 Å². The lowest BCUT2D eigenvalue weighted by molar-refractivity contribution is -0.137. The highest BCUT2D eigenvalue weighted by Crippen LogP contribution is 2.14. The summed E-state index contributed by atoms with van der Waals surface area (Å²) in [4.78, 5) is 10.4. The Kier molecular flexibility index (Phi) is 3.84. The highest BCUT2D eigenvalue weighted by Gasteiger charge is 2.11. The van der Waals surface area contributed by atoms with E-state index < -0.39 is 17.6 Å². The molecule has 0 bridgehead atoms. The number of aryl methyl sites for hydroxylation is 1. The van der Waals surface area contributed by atoms with Crippen LogP contribution in [0.3, 0.4) is 0 Å². The predicted octanol–water partition coefficient (Wildman–Crippen LogP) is 1.96. The molecule has 0 aliphatic heterocycles. The van der Waals surface area contributed by atoms with Crippen LogP contribution in [-0.4, -0.2) is 21.3 Å². The fraction of sp³-hybridized carbons (Fsp3) is 0.250. The third-order valence-electron chi connectivity index (χ3n) is 2.42. The maximum Gasteiger partial charge on any atom is 0.303 e. The van der Waals surface area contributed by atoms with Crippen molar-refractivity contribution in [2.75, 3.05) is 0 Å². The zero-order chi connectivity index (χ0) is 13.8. The molecule has 1 N–H and O–H groups in total. The Morgan fingerprint density at radius 1 is 1.26 bits per heavy atom. The molecule has 2 rings (SSSR count). The highest BCUT2D eigenvalue weighted by atomic mass is 19.1. The monoisotopic (exact) mass is 268 g/mol. The molecule has 1 aromatic carbocycles. The van der Waals surface area contributed by atoms with E-state index in [0.29, 0.717) is 0 Å². The Labute approximate surface area is 106 Å². The standard InChI is InChI=1S/C12H10F2N2O3/c13-8-2-1-7(9(14)6-8)5-11-16-15-10(19-11)3-4-12(17)18/h1-2,6H,3-5H2,(H,17,18). The van der Waals surface area contributed by atoms with Crippen molar-refractivity contribution in [2.45, 2.75) is 19.3 Å². The van der Waals surface area contributed by atoms with Crippen molar-refractivity contribution < 1.29 is 23.1 Å². The van der Waals surface area contributed by atoms with Crippen molar-refractivity contribution >= 4 is 5.97 Å². The van der Waals surface area contributed by atoms with E-state index in [1.165, 1.54) is 6.07 Å². The quantitative estimate of drug-likeness (QED) is 0.897. The van der Waals surface area contributed by atoms with E-state index in [0.717, 1.165) is 12.1 Å². The van der Waals surface area contributed by atoms with Crippen LogP contribution in [0.2, 0.25) is 0 Å². The van der Waals surface area contributed by atoms with Crippen molar-refractivity contribution in [3.63, 3.8) is 0 Å². The SMILES string of the molecule is O=C(O)CCc1nnc(Cc2ccc(F)cc2F)o1. The van der Waals surface area contributed by atoms with Gasteiger partial charge in [-0.1, -0.05) is 6.07 Å². The molecule has 0 radical (unpaired) electrons. The number of hydrogen-bond donors (Lipinski definition) is 1. The zero-order valence-corrected chi connectivity index (χ0v) is 9.77. The van der Waals surface area contributed by atoms with Gasteiger partial charge in [0, 0.05) is 12.5 Å². The number of benzene rings is 1. The smallest absolute Gasteiger partial charge is 0.303 e. The van der Waals surface area contributed by atoms with Crippen LogP contribution in [0.25, 0.3) is 0 Å².